The second kappa shape index (κ2) is 8.71. The highest BCUT2D eigenvalue weighted by Gasteiger charge is 2.26. The van der Waals surface area contributed by atoms with Crippen molar-refractivity contribution in [1.82, 2.24) is 20.1 Å². The number of fused-ring (bicyclic) bond motifs is 1. The Labute approximate surface area is 174 Å². The van der Waals surface area contributed by atoms with E-state index < -0.39 is 6.04 Å². The number of carbonyl (C=O) groups excluding carboxylic acids is 2. The van der Waals surface area contributed by atoms with Gasteiger partial charge in [-0.1, -0.05) is 30.3 Å². The quantitative estimate of drug-likeness (QED) is 0.705. The first kappa shape index (κ1) is 19.5. The van der Waals surface area contributed by atoms with Crippen LogP contribution in [-0.4, -0.2) is 58.8 Å². The minimum Gasteiger partial charge on any atom is -0.340 e. The number of hydrogen-bond donors (Lipinski definition) is 1. The molecule has 1 aliphatic heterocycles. The lowest BCUT2D eigenvalue weighted by atomic mass is 10.1. The third-order valence-corrected chi connectivity index (χ3v) is 6.13. The minimum absolute atomic E-state index is 0.0265. The zero-order valence-electron chi connectivity index (χ0n) is 16.4. The Morgan fingerprint density at radius 3 is 2.66 bits per heavy atom. The molecule has 0 aliphatic carbocycles. The van der Waals surface area contributed by atoms with Gasteiger partial charge in [0, 0.05) is 44.3 Å². The number of para-hydroxylation sites is 1. The zero-order chi connectivity index (χ0) is 20.2. The average Bonchev–Trinajstić information content (AvgIpc) is 3.29. The van der Waals surface area contributed by atoms with Crippen LogP contribution in [0, 0.1) is 0 Å². The number of benzene rings is 1. The molecule has 0 saturated carbocycles. The molecule has 3 heterocycles. The Balaban J connectivity index is 1.32. The van der Waals surface area contributed by atoms with Gasteiger partial charge in [0.05, 0.1) is 10.4 Å². The summed E-state index contributed by atoms with van der Waals surface area (Å²) in [5.41, 5.74) is 2.25. The van der Waals surface area contributed by atoms with Crippen LogP contribution < -0.4 is 5.32 Å². The molecule has 0 bridgehead atoms. The molecule has 3 aromatic rings. The fraction of sp³-hybridized carbons (Fsp3) is 0.318. The fourth-order valence-electron chi connectivity index (χ4n) is 3.67. The van der Waals surface area contributed by atoms with Crippen LogP contribution in [0.25, 0.3) is 10.9 Å². The molecule has 1 aliphatic rings. The average molecular weight is 409 g/mol. The van der Waals surface area contributed by atoms with E-state index in [-0.39, 0.29) is 11.8 Å². The van der Waals surface area contributed by atoms with Crippen LogP contribution in [0.15, 0.2) is 54.0 Å². The van der Waals surface area contributed by atoms with Crippen molar-refractivity contribution in [2.75, 3.05) is 26.2 Å². The summed E-state index contributed by atoms with van der Waals surface area (Å²) in [6, 6.07) is 13.4. The smallest absolute Gasteiger partial charge is 0.261 e. The number of piperazine rings is 1. The van der Waals surface area contributed by atoms with E-state index in [0.717, 1.165) is 30.5 Å². The van der Waals surface area contributed by atoms with E-state index >= 15 is 0 Å². The lowest BCUT2D eigenvalue weighted by Gasteiger charge is -2.36. The predicted octanol–water partition coefficient (Wildman–Crippen LogP) is 2.76. The molecule has 1 N–H and O–H groups in total. The summed E-state index contributed by atoms with van der Waals surface area (Å²) >= 11 is 1.37. The number of nitrogens with zero attached hydrogens (tertiary/aromatic N) is 3. The third-order valence-electron chi connectivity index (χ3n) is 5.26. The van der Waals surface area contributed by atoms with Gasteiger partial charge in [-0.05, 0) is 30.0 Å². The Bertz CT molecular complexity index is 992. The van der Waals surface area contributed by atoms with E-state index in [1.807, 2.05) is 28.6 Å². The highest BCUT2D eigenvalue weighted by Crippen LogP contribution is 2.18. The van der Waals surface area contributed by atoms with Gasteiger partial charge >= 0.3 is 0 Å². The minimum atomic E-state index is -0.529. The molecule has 2 aromatic heterocycles. The van der Waals surface area contributed by atoms with E-state index in [9.17, 15) is 9.59 Å². The number of aromatic nitrogens is 1. The zero-order valence-corrected chi connectivity index (χ0v) is 17.2. The summed E-state index contributed by atoms with van der Waals surface area (Å²) in [7, 11) is 0. The first-order valence-corrected chi connectivity index (χ1v) is 10.7. The van der Waals surface area contributed by atoms with Crippen molar-refractivity contribution in [3.8, 4) is 0 Å². The molecule has 1 atom stereocenters. The molecule has 6 nitrogen and oxygen atoms in total. The van der Waals surface area contributed by atoms with Gasteiger partial charge in [0.15, 0.2) is 0 Å². The van der Waals surface area contributed by atoms with Crippen molar-refractivity contribution in [1.29, 1.82) is 0 Å². The standard InChI is InChI=1S/C22H24N4O2S/c1-16(24-21(27)19-8-4-14-29-19)22(28)26-12-10-25(11-13-26)15-18-6-2-5-17-7-3-9-23-20(17)18/h2-9,14,16H,10-13,15H2,1H3,(H,24,27). The number of pyridine rings is 1. The Hall–Kier alpha value is -2.77. The summed E-state index contributed by atoms with van der Waals surface area (Å²) in [5, 5.41) is 5.81. The first-order valence-electron chi connectivity index (χ1n) is 9.80. The Kier molecular flexibility index (Phi) is 5.87. The SMILES string of the molecule is CC(NC(=O)c1cccs1)C(=O)N1CCN(Cc2cccc3cccnc23)CC1. The van der Waals surface area contributed by atoms with E-state index in [1.165, 1.54) is 16.9 Å². The van der Waals surface area contributed by atoms with Crippen molar-refractivity contribution in [2.45, 2.75) is 19.5 Å². The molecule has 4 rings (SSSR count). The molecular weight excluding hydrogens is 384 g/mol. The number of amides is 2. The normalized spacial score (nSPS) is 16.0. The maximum absolute atomic E-state index is 12.7. The number of nitrogens with one attached hydrogen (secondary N) is 1. The summed E-state index contributed by atoms with van der Waals surface area (Å²) in [6.07, 6.45) is 1.83. The largest absolute Gasteiger partial charge is 0.340 e. The third kappa shape index (κ3) is 4.46. The molecular formula is C22H24N4O2S. The summed E-state index contributed by atoms with van der Waals surface area (Å²) in [4.78, 5) is 34.3. The van der Waals surface area contributed by atoms with Gasteiger partial charge in [-0.15, -0.1) is 11.3 Å². The lowest BCUT2D eigenvalue weighted by Crippen LogP contribution is -2.53. The van der Waals surface area contributed by atoms with Crippen LogP contribution in [0.1, 0.15) is 22.2 Å². The molecule has 1 unspecified atom stereocenters. The highest BCUT2D eigenvalue weighted by molar-refractivity contribution is 7.12. The van der Waals surface area contributed by atoms with E-state index in [1.54, 1.807) is 13.0 Å². The maximum atomic E-state index is 12.7. The molecule has 0 radical (unpaired) electrons. The molecule has 29 heavy (non-hydrogen) atoms. The highest BCUT2D eigenvalue weighted by atomic mass is 32.1. The molecule has 1 saturated heterocycles. The van der Waals surface area contributed by atoms with Crippen LogP contribution in [0.2, 0.25) is 0 Å². The number of carbonyl (C=O) groups is 2. The first-order chi connectivity index (χ1) is 14.1. The van der Waals surface area contributed by atoms with Crippen LogP contribution in [0.4, 0.5) is 0 Å². The van der Waals surface area contributed by atoms with Gasteiger partial charge in [0.1, 0.15) is 6.04 Å². The Morgan fingerprint density at radius 1 is 1.10 bits per heavy atom. The maximum Gasteiger partial charge on any atom is 0.261 e. The number of thiophene rings is 1. The van der Waals surface area contributed by atoms with Gasteiger partial charge in [-0.25, -0.2) is 0 Å². The van der Waals surface area contributed by atoms with Gasteiger partial charge in [-0.2, -0.15) is 0 Å². The van der Waals surface area contributed by atoms with Crippen molar-refractivity contribution in [3.63, 3.8) is 0 Å². The lowest BCUT2D eigenvalue weighted by molar-refractivity contribution is -0.134. The Morgan fingerprint density at radius 2 is 1.90 bits per heavy atom. The number of rotatable bonds is 5. The van der Waals surface area contributed by atoms with E-state index in [0.29, 0.717) is 18.0 Å². The van der Waals surface area contributed by atoms with Crippen LogP contribution in [0.5, 0.6) is 0 Å². The van der Waals surface area contributed by atoms with Crippen molar-refractivity contribution in [2.24, 2.45) is 0 Å². The van der Waals surface area contributed by atoms with Crippen molar-refractivity contribution in [3.05, 3.63) is 64.5 Å². The van der Waals surface area contributed by atoms with E-state index in [2.05, 4.69) is 39.5 Å². The molecule has 7 heteroatoms. The summed E-state index contributed by atoms with van der Waals surface area (Å²) in [6.45, 7) is 5.51. The van der Waals surface area contributed by atoms with Crippen molar-refractivity contribution < 1.29 is 9.59 Å². The molecule has 0 spiro atoms. The van der Waals surface area contributed by atoms with Crippen LogP contribution >= 0.6 is 11.3 Å². The summed E-state index contributed by atoms with van der Waals surface area (Å²) in [5.74, 6) is -0.218. The molecule has 1 fully saturated rings. The topological polar surface area (TPSA) is 65.5 Å². The summed E-state index contributed by atoms with van der Waals surface area (Å²) < 4.78 is 0. The number of hydrogen-bond acceptors (Lipinski definition) is 5. The van der Waals surface area contributed by atoms with Gasteiger partial charge in [0.2, 0.25) is 5.91 Å². The molecule has 2 amide bonds. The monoisotopic (exact) mass is 408 g/mol. The van der Waals surface area contributed by atoms with Gasteiger partial charge in [0.25, 0.3) is 5.91 Å². The second-order valence-electron chi connectivity index (χ2n) is 7.27. The molecule has 150 valence electrons. The fourth-order valence-corrected chi connectivity index (χ4v) is 4.30. The van der Waals surface area contributed by atoms with Crippen molar-refractivity contribution >= 4 is 34.1 Å². The molecule has 1 aromatic carbocycles. The van der Waals surface area contributed by atoms with E-state index in [4.69, 9.17) is 0 Å². The predicted molar refractivity (Wildman–Crippen MR) is 115 cm³/mol. The van der Waals surface area contributed by atoms with Crippen LogP contribution in [-0.2, 0) is 11.3 Å². The van der Waals surface area contributed by atoms with Gasteiger partial charge < -0.3 is 10.2 Å². The second-order valence-corrected chi connectivity index (χ2v) is 8.21. The van der Waals surface area contributed by atoms with Gasteiger partial charge in [-0.3, -0.25) is 19.5 Å². The van der Waals surface area contributed by atoms with Crippen LogP contribution in [0.3, 0.4) is 0 Å².